The number of rotatable bonds is 2. The minimum Gasteiger partial charge on any atom is -0.506 e. The van der Waals surface area contributed by atoms with Crippen molar-refractivity contribution in [3.05, 3.63) is 42.5 Å². The molecule has 0 aliphatic rings. The summed E-state index contributed by atoms with van der Waals surface area (Å²) in [5.41, 5.74) is 8.72. The van der Waals surface area contributed by atoms with E-state index in [9.17, 15) is 5.11 Å². The number of tetrazole rings is 1. The van der Waals surface area contributed by atoms with Crippen LogP contribution in [0.4, 0.5) is 5.69 Å². The summed E-state index contributed by atoms with van der Waals surface area (Å²) in [7, 11) is 0. The Hall–Kier alpha value is -2.89. The Morgan fingerprint density at radius 1 is 1.05 bits per heavy atom. The third kappa shape index (κ3) is 3.00. The minimum atomic E-state index is 0.0702. The number of aromatic amines is 1. The normalized spacial score (nSPS) is 9.81. The summed E-state index contributed by atoms with van der Waals surface area (Å²) < 4.78 is 0. The van der Waals surface area contributed by atoms with Crippen molar-refractivity contribution in [1.29, 1.82) is 0 Å². The highest BCUT2D eigenvalue weighted by molar-refractivity contribution is 5.82. The molecule has 1 heterocycles. The van der Waals surface area contributed by atoms with Gasteiger partial charge in [0.05, 0.1) is 5.69 Å². The van der Waals surface area contributed by atoms with Crippen molar-refractivity contribution < 1.29 is 5.11 Å². The zero-order valence-electron chi connectivity index (χ0n) is 11.9. The van der Waals surface area contributed by atoms with E-state index in [-0.39, 0.29) is 5.75 Å². The van der Waals surface area contributed by atoms with Crippen LogP contribution >= 0.6 is 0 Å². The number of aromatic nitrogens is 4. The second-order valence-corrected chi connectivity index (χ2v) is 4.05. The molecule has 0 aliphatic carbocycles. The third-order valence-electron chi connectivity index (χ3n) is 2.85. The van der Waals surface area contributed by atoms with Gasteiger partial charge in [-0.3, -0.25) is 0 Å². The van der Waals surface area contributed by atoms with Crippen molar-refractivity contribution in [2.45, 2.75) is 13.8 Å². The first-order chi connectivity index (χ1) is 10.3. The van der Waals surface area contributed by atoms with E-state index in [1.165, 1.54) is 0 Å². The lowest BCUT2D eigenvalue weighted by molar-refractivity contribution is 0.478. The smallest absolute Gasteiger partial charge is 0.205 e. The number of phenols is 1. The van der Waals surface area contributed by atoms with Crippen LogP contribution in [-0.4, -0.2) is 25.7 Å². The molecule has 0 aliphatic heterocycles. The minimum absolute atomic E-state index is 0.0702. The van der Waals surface area contributed by atoms with Crippen molar-refractivity contribution in [3.8, 4) is 28.3 Å². The van der Waals surface area contributed by atoms with Gasteiger partial charge in [-0.25, -0.2) is 0 Å². The summed E-state index contributed by atoms with van der Waals surface area (Å²) in [5, 5.41) is 23.4. The van der Waals surface area contributed by atoms with Crippen LogP contribution in [0.2, 0.25) is 0 Å². The van der Waals surface area contributed by atoms with Crippen molar-refractivity contribution >= 4 is 5.69 Å². The third-order valence-corrected chi connectivity index (χ3v) is 2.85. The van der Waals surface area contributed by atoms with E-state index in [0.717, 1.165) is 16.7 Å². The largest absolute Gasteiger partial charge is 0.506 e. The summed E-state index contributed by atoms with van der Waals surface area (Å²) in [6, 6.07) is 12.7. The van der Waals surface area contributed by atoms with Gasteiger partial charge in [0.15, 0.2) is 0 Å². The molecule has 4 N–H and O–H groups in total. The molecular weight excluding hydrogens is 266 g/mol. The highest BCUT2D eigenvalue weighted by Gasteiger charge is 2.11. The second-order valence-electron chi connectivity index (χ2n) is 4.05. The summed E-state index contributed by atoms with van der Waals surface area (Å²) >= 11 is 0. The molecule has 0 radical (unpaired) electrons. The van der Waals surface area contributed by atoms with Gasteiger partial charge >= 0.3 is 0 Å². The number of nitrogen functional groups attached to an aromatic ring is 1. The summed E-state index contributed by atoms with van der Waals surface area (Å²) in [4.78, 5) is 0. The lowest BCUT2D eigenvalue weighted by Gasteiger charge is -2.08. The topological polar surface area (TPSA) is 101 Å². The van der Waals surface area contributed by atoms with Gasteiger partial charge in [0.2, 0.25) is 5.82 Å². The molecule has 3 rings (SSSR count). The maximum Gasteiger partial charge on any atom is 0.205 e. The van der Waals surface area contributed by atoms with Gasteiger partial charge in [0.1, 0.15) is 5.75 Å². The molecule has 3 aromatic rings. The number of hydrogen-bond donors (Lipinski definition) is 3. The van der Waals surface area contributed by atoms with Gasteiger partial charge in [-0.2, -0.15) is 5.21 Å². The zero-order valence-corrected chi connectivity index (χ0v) is 11.9. The molecule has 6 heteroatoms. The number of nitrogens with zero attached hydrogens (tertiary/aromatic N) is 3. The first kappa shape index (κ1) is 14.5. The number of benzene rings is 2. The van der Waals surface area contributed by atoms with E-state index < -0.39 is 0 Å². The Morgan fingerprint density at radius 2 is 1.76 bits per heavy atom. The first-order valence-electron chi connectivity index (χ1n) is 6.67. The molecule has 108 valence electrons. The van der Waals surface area contributed by atoms with E-state index >= 15 is 0 Å². The monoisotopic (exact) mass is 283 g/mol. The molecule has 0 bridgehead atoms. The molecule has 0 saturated heterocycles. The molecule has 0 amide bonds. The number of H-pyrrole nitrogens is 1. The standard InChI is InChI=1S/C13H11N5O.C2H6/c14-11-7-8(5-6-12(11)19)9-3-1-2-4-10(9)13-15-17-18-16-13;1-2/h1-7,19H,14H2,(H,15,16,17,18);1-2H3. The van der Waals surface area contributed by atoms with Crippen LogP contribution < -0.4 is 5.73 Å². The fraction of sp³-hybridized carbons (Fsp3) is 0.133. The fourth-order valence-corrected chi connectivity index (χ4v) is 1.93. The van der Waals surface area contributed by atoms with Gasteiger partial charge in [-0.1, -0.05) is 44.2 Å². The summed E-state index contributed by atoms with van der Waals surface area (Å²) in [6.07, 6.45) is 0. The number of nitrogens with one attached hydrogen (secondary N) is 1. The fourth-order valence-electron chi connectivity index (χ4n) is 1.93. The molecule has 0 unspecified atom stereocenters. The molecule has 1 aromatic heterocycles. The maximum atomic E-state index is 9.48. The molecule has 6 nitrogen and oxygen atoms in total. The SMILES string of the molecule is CC.Nc1cc(-c2ccccc2-c2nn[nH]n2)ccc1O. The molecule has 2 aromatic carbocycles. The number of nitrogens with two attached hydrogens (primary N) is 1. The van der Waals surface area contributed by atoms with Gasteiger partial charge < -0.3 is 10.8 Å². The van der Waals surface area contributed by atoms with Crippen LogP contribution in [0.15, 0.2) is 42.5 Å². The van der Waals surface area contributed by atoms with Crippen molar-refractivity contribution in [3.63, 3.8) is 0 Å². The zero-order chi connectivity index (χ0) is 15.2. The molecule has 21 heavy (non-hydrogen) atoms. The maximum absolute atomic E-state index is 9.48. The molecule has 0 saturated carbocycles. The van der Waals surface area contributed by atoms with Crippen LogP contribution in [0.3, 0.4) is 0 Å². The van der Waals surface area contributed by atoms with E-state index in [0.29, 0.717) is 11.5 Å². The first-order valence-corrected chi connectivity index (χ1v) is 6.67. The Bertz CT molecular complexity index is 710. The molecule has 0 atom stereocenters. The molecule has 0 fully saturated rings. The van der Waals surface area contributed by atoms with Gasteiger partial charge in [-0.15, -0.1) is 10.2 Å². The van der Waals surface area contributed by atoms with Crippen LogP contribution in [0, 0.1) is 0 Å². The van der Waals surface area contributed by atoms with Crippen LogP contribution in [0.5, 0.6) is 5.75 Å². The van der Waals surface area contributed by atoms with Crippen LogP contribution in [0.1, 0.15) is 13.8 Å². The summed E-state index contributed by atoms with van der Waals surface area (Å²) in [6.45, 7) is 4.00. The lowest BCUT2D eigenvalue weighted by atomic mass is 9.99. The van der Waals surface area contributed by atoms with E-state index in [2.05, 4.69) is 20.6 Å². The van der Waals surface area contributed by atoms with Crippen LogP contribution in [-0.2, 0) is 0 Å². The van der Waals surface area contributed by atoms with Gasteiger partial charge in [0, 0.05) is 5.56 Å². The van der Waals surface area contributed by atoms with Crippen molar-refractivity contribution in [1.82, 2.24) is 20.6 Å². The molecular formula is C15H17N5O. The lowest BCUT2D eigenvalue weighted by Crippen LogP contribution is -1.90. The summed E-state index contributed by atoms with van der Waals surface area (Å²) in [5.74, 6) is 0.586. The number of aromatic hydroxyl groups is 1. The second kappa shape index (κ2) is 6.51. The van der Waals surface area contributed by atoms with Crippen LogP contribution in [0.25, 0.3) is 22.5 Å². The number of phenolic OH excluding ortho intramolecular Hbond substituents is 1. The van der Waals surface area contributed by atoms with Crippen molar-refractivity contribution in [2.75, 3.05) is 5.73 Å². The average Bonchev–Trinajstić information content (AvgIpc) is 3.06. The molecule has 0 spiro atoms. The van der Waals surface area contributed by atoms with Gasteiger partial charge in [-0.05, 0) is 28.5 Å². The van der Waals surface area contributed by atoms with E-state index in [1.807, 2.05) is 38.1 Å². The Balaban J connectivity index is 0.000000774. The highest BCUT2D eigenvalue weighted by Crippen LogP contribution is 2.33. The van der Waals surface area contributed by atoms with E-state index in [4.69, 9.17) is 5.73 Å². The Labute approximate surface area is 122 Å². The predicted octanol–water partition coefficient (Wildman–Crippen LogP) is 2.85. The van der Waals surface area contributed by atoms with Crippen molar-refractivity contribution in [2.24, 2.45) is 0 Å². The predicted molar refractivity (Wildman–Crippen MR) is 82.5 cm³/mol. The quantitative estimate of drug-likeness (QED) is 0.496. The van der Waals surface area contributed by atoms with E-state index in [1.54, 1.807) is 18.2 Å². The number of anilines is 1. The Morgan fingerprint density at radius 3 is 2.38 bits per heavy atom. The highest BCUT2D eigenvalue weighted by atomic mass is 16.3. The average molecular weight is 283 g/mol. The Kier molecular flexibility index (Phi) is 4.50. The number of hydrogen-bond acceptors (Lipinski definition) is 5. The van der Waals surface area contributed by atoms with Gasteiger partial charge in [0.25, 0.3) is 0 Å².